The Morgan fingerprint density at radius 3 is 2.46 bits per heavy atom. The van der Waals surface area contributed by atoms with E-state index in [1.807, 2.05) is 23.1 Å². The molecule has 1 saturated heterocycles. The summed E-state index contributed by atoms with van der Waals surface area (Å²) in [6.07, 6.45) is 0.290. The van der Waals surface area contributed by atoms with Gasteiger partial charge in [0, 0.05) is 50.4 Å². The van der Waals surface area contributed by atoms with Crippen LogP contribution in [0.4, 0.5) is 5.69 Å². The predicted molar refractivity (Wildman–Crippen MR) is 103 cm³/mol. The summed E-state index contributed by atoms with van der Waals surface area (Å²) in [5.41, 5.74) is 1.95. The molecule has 2 heterocycles. The third-order valence-electron chi connectivity index (χ3n) is 4.47. The number of hydrogen-bond acceptors (Lipinski definition) is 4. The van der Waals surface area contributed by atoms with Crippen LogP contribution < -0.4 is 10.2 Å². The van der Waals surface area contributed by atoms with Gasteiger partial charge in [-0.3, -0.25) is 9.59 Å². The zero-order valence-corrected chi connectivity index (χ0v) is 16.3. The molecular weight excluding hydrogens is 398 g/mol. The lowest BCUT2D eigenvalue weighted by Gasteiger charge is -2.36. The minimum absolute atomic E-state index is 0.0651. The molecule has 26 heavy (non-hydrogen) atoms. The zero-order chi connectivity index (χ0) is 18.5. The number of nitrogens with zero attached hydrogens (tertiary/aromatic N) is 2. The molecule has 0 bridgehead atoms. The number of carbonyl (C=O) groups is 2. The van der Waals surface area contributed by atoms with Gasteiger partial charge in [-0.2, -0.15) is 0 Å². The minimum atomic E-state index is -0.296. The lowest BCUT2D eigenvalue weighted by molar-refractivity contribution is -0.131. The number of piperazine rings is 1. The van der Waals surface area contributed by atoms with Gasteiger partial charge >= 0.3 is 0 Å². The fourth-order valence-corrected chi connectivity index (χ4v) is 3.55. The summed E-state index contributed by atoms with van der Waals surface area (Å²) in [7, 11) is 0. The molecule has 1 aromatic heterocycles. The highest BCUT2D eigenvalue weighted by atomic mass is 79.9. The first-order valence-corrected chi connectivity index (χ1v) is 9.46. The lowest BCUT2D eigenvalue weighted by atomic mass is 10.2. The van der Waals surface area contributed by atoms with Gasteiger partial charge < -0.3 is 19.5 Å². The molecular formula is C19H22BrN3O3. The summed E-state index contributed by atoms with van der Waals surface area (Å²) in [6, 6.07) is 12.0. The van der Waals surface area contributed by atoms with Crippen LogP contribution in [0.3, 0.4) is 0 Å². The van der Waals surface area contributed by atoms with Crippen LogP contribution in [0.2, 0.25) is 0 Å². The summed E-state index contributed by atoms with van der Waals surface area (Å²) in [5.74, 6) is 0.0473. The Hall–Kier alpha value is -2.28. The molecule has 1 N–H and O–H groups in total. The average Bonchev–Trinajstić information content (AvgIpc) is 3.00. The van der Waals surface area contributed by atoms with Crippen molar-refractivity contribution >= 4 is 33.4 Å². The van der Waals surface area contributed by atoms with E-state index in [4.69, 9.17) is 4.42 Å². The first-order valence-electron chi connectivity index (χ1n) is 8.66. The number of amides is 2. The smallest absolute Gasteiger partial charge is 0.287 e. The third kappa shape index (κ3) is 4.46. The van der Waals surface area contributed by atoms with E-state index in [0.29, 0.717) is 24.3 Å². The second kappa shape index (κ2) is 8.40. The number of anilines is 1. The van der Waals surface area contributed by atoms with Gasteiger partial charge in [0.1, 0.15) is 0 Å². The second-order valence-electron chi connectivity index (χ2n) is 6.27. The van der Waals surface area contributed by atoms with Crippen molar-refractivity contribution in [1.82, 2.24) is 10.2 Å². The van der Waals surface area contributed by atoms with Crippen molar-refractivity contribution in [3.8, 4) is 0 Å². The van der Waals surface area contributed by atoms with E-state index in [1.54, 1.807) is 13.0 Å². The van der Waals surface area contributed by atoms with Crippen LogP contribution in [-0.4, -0.2) is 49.4 Å². The summed E-state index contributed by atoms with van der Waals surface area (Å²) in [4.78, 5) is 28.6. The molecule has 3 rings (SSSR count). The molecule has 0 atom stereocenters. The number of para-hydroxylation sites is 1. The maximum absolute atomic E-state index is 12.4. The highest BCUT2D eigenvalue weighted by Crippen LogP contribution is 2.19. The monoisotopic (exact) mass is 419 g/mol. The topological polar surface area (TPSA) is 65.8 Å². The first kappa shape index (κ1) is 18.5. The van der Waals surface area contributed by atoms with Gasteiger partial charge in [-0.25, -0.2) is 0 Å². The van der Waals surface area contributed by atoms with Crippen LogP contribution in [0.5, 0.6) is 0 Å². The number of nitrogens with one attached hydrogen (secondary N) is 1. The lowest BCUT2D eigenvalue weighted by Crippen LogP contribution is -2.49. The Balaban J connectivity index is 1.42. The molecule has 6 nitrogen and oxygen atoms in total. The molecule has 2 amide bonds. The Bertz CT molecular complexity index is 768. The van der Waals surface area contributed by atoms with E-state index < -0.39 is 0 Å². The van der Waals surface area contributed by atoms with Crippen molar-refractivity contribution in [3.05, 3.63) is 52.4 Å². The van der Waals surface area contributed by atoms with Crippen LogP contribution in [0.15, 0.2) is 45.5 Å². The Kier molecular flexibility index (Phi) is 5.98. The molecule has 1 aliphatic heterocycles. The van der Waals surface area contributed by atoms with Crippen LogP contribution in [0, 0.1) is 6.92 Å². The molecule has 1 aliphatic rings. The number of halogens is 1. The molecule has 0 saturated carbocycles. The summed E-state index contributed by atoms with van der Waals surface area (Å²) in [6.45, 7) is 5.15. The number of carbonyl (C=O) groups excluding carboxylic acids is 2. The molecule has 0 unspecified atom stereocenters. The van der Waals surface area contributed by atoms with E-state index in [-0.39, 0.29) is 24.0 Å². The number of hydrogen-bond donors (Lipinski definition) is 1. The predicted octanol–water partition coefficient (Wildman–Crippen LogP) is 2.82. The molecule has 1 fully saturated rings. The average molecular weight is 420 g/mol. The van der Waals surface area contributed by atoms with Crippen molar-refractivity contribution in [2.45, 2.75) is 13.3 Å². The second-order valence-corrected chi connectivity index (χ2v) is 7.05. The van der Waals surface area contributed by atoms with Gasteiger partial charge in [0.25, 0.3) is 5.91 Å². The molecule has 7 heteroatoms. The van der Waals surface area contributed by atoms with E-state index in [0.717, 1.165) is 18.7 Å². The maximum atomic E-state index is 12.4. The number of furan rings is 1. The molecule has 0 aliphatic carbocycles. The minimum Gasteiger partial charge on any atom is -0.444 e. The first-order chi connectivity index (χ1) is 12.5. The molecule has 138 valence electrons. The summed E-state index contributed by atoms with van der Waals surface area (Å²) >= 11 is 3.20. The molecule has 0 radical (unpaired) electrons. The van der Waals surface area contributed by atoms with Gasteiger partial charge in [0.05, 0.1) is 0 Å². The number of benzene rings is 1. The van der Waals surface area contributed by atoms with E-state index in [2.05, 4.69) is 38.3 Å². The van der Waals surface area contributed by atoms with Gasteiger partial charge in [0.15, 0.2) is 10.4 Å². The van der Waals surface area contributed by atoms with Crippen molar-refractivity contribution in [1.29, 1.82) is 0 Å². The normalized spacial score (nSPS) is 14.4. The van der Waals surface area contributed by atoms with E-state index >= 15 is 0 Å². The fourth-order valence-electron chi connectivity index (χ4n) is 3.04. The Morgan fingerprint density at radius 2 is 1.85 bits per heavy atom. The Labute approximate surface area is 161 Å². The Morgan fingerprint density at radius 1 is 1.15 bits per heavy atom. The summed E-state index contributed by atoms with van der Waals surface area (Å²) in [5, 5.41) is 2.75. The largest absolute Gasteiger partial charge is 0.444 e. The van der Waals surface area contributed by atoms with Crippen LogP contribution >= 0.6 is 15.9 Å². The van der Waals surface area contributed by atoms with Gasteiger partial charge in [-0.05, 0) is 41.1 Å². The number of aryl methyl sites for hydroxylation is 1. The fraction of sp³-hybridized carbons (Fsp3) is 0.368. The SMILES string of the molecule is Cc1cc(Br)oc1C(=O)NCCC(=O)N1CCN(c2ccccc2)CC1. The zero-order valence-electron chi connectivity index (χ0n) is 14.7. The van der Waals surface area contributed by atoms with Crippen molar-refractivity contribution < 1.29 is 14.0 Å². The van der Waals surface area contributed by atoms with E-state index in [9.17, 15) is 9.59 Å². The van der Waals surface area contributed by atoms with Crippen molar-refractivity contribution in [3.63, 3.8) is 0 Å². The molecule has 2 aromatic rings. The van der Waals surface area contributed by atoms with Gasteiger partial charge in [-0.1, -0.05) is 18.2 Å². The van der Waals surface area contributed by atoms with Crippen LogP contribution in [0.1, 0.15) is 22.5 Å². The van der Waals surface area contributed by atoms with Crippen molar-refractivity contribution in [2.24, 2.45) is 0 Å². The van der Waals surface area contributed by atoms with Gasteiger partial charge in [0.2, 0.25) is 5.91 Å². The maximum Gasteiger partial charge on any atom is 0.287 e. The summed E-state index contributed by atoms with van der Waals surface area (Å²) < 4.78 is 5.83. The van der Waals surface area contributed by atoms with Gasteiger partial charge in [-0.15, -0.1) is 0 Å². The quantitative estimate of drug-likeness (QED) is 0.808. The molecule has 0 spiro atoms. The highest BCUT2D eigenvalue weighted by molar-refractivity contribution is 9.10. The van der Waals surface area contributed by atoms with E-state index in [1.165, 1.54) is 5.69 Å². The number of rotatable bonds is 5. The van der Waals surface area contributed by atoms with Crippen molar-refractivity contribution in [2.75, 3.05) is 37.6 Å². The molecule has 1 aromatic carbocycles. The van der Waals surface area contributed by atoms with Crippen LogP contribution in [-0.2, 0) is 4.79 Å². The third-order valence-corrected chi connectivity index (χ3v) is 4.86. The van der Waals surface area contributed by atoms with Crippen LogP contribution in [0.25, 0.3) is 0 Å². The highest BCUT2D eigenvalue weighted by Gasteiger charge is 2.21. The standard InChI is InChI=1S/C19H22BrN3O3/c1-14-13-16(20)26-18(14)19(25)21-8-7-17(24)23-11-9-22(10-12-23)15-5-3-2-4-6-15/h2-6,13H,7-12H2,1H3,(H,21,25).